The van der Waals surface area contributed by atoms with E-state index in [2.05, 4.69) is 15.6 Å². The van der Waals surface area contributed by atoms with Crippen LogP contribution in [0.25, 0.3) is 0 Å². The summed E-state index contributed by atoms with van der Waals surface area (Å²) in [5.74, 6) is -0.124. The van der Waals surface area contributed by atoms with E-state index in [-0.39, 0.29) is 5.91 Å². The molecule has 14 heavy (non-hydrogen) atoms. The fraction of sp³-hybridized carbons (Fsp3) is 0.400. The largest absolute Gasteiger partial charge is 0.382 e. The minimum absolute atomic E-state index is 0.124. The summed E-state index contributed by atoms with van der Waals surface area (Å²) in [4.78, 5) is 15.3. The van der Waals surface area contributed by atoms with Gasteiger partial charge in [0.25, 0.3) is 5.91 Å². The number of aromatic nitrogens is 1. The molecule has 76 valence electrons. The molecule has 0 radical (unpaired) electrons. The quantitative estimate of drug-likeness (QED) is 0.760. The van der Waals surface area contributed by atoms with Gasteiger partial charge in [-0.2, -0.15) is 0 Å². The van der Waals surface area contributed by atoms with Gasteiger partial charge < -0.3 is 10.6 Å². The number of pyridine rings is 1. The Morgan fingerprint density at radius 3 is 2.79 bits per heavy atom. The van der Waals surface area contributed by atoms with Gasteiger partial charge in [0.05, 0.1) is 11.3 Å². The van der Waals surface area contributed by atoms with Gasteiger partial charge in [0.1, 0.15) is 0 Å². The molecule has 1 aromatic rings. The van der Waals surface area contributed by atoms with E-state index in [1.54, 1.807) is 25.5 Å². The number of anilines is 1. The summed E-state index contributed by atoms with van der Waals surface area (Å²) >= 11 is 0. The zero-order valence-corrected chi connectivity index (χ0v) is 8.66. The van der Waals surface area contributed by atoms with Gasteiger partial charge in [-0.15, -0.1) is 0 Å². The third kappa shape index (κ3) is 2.45. The molecular formula is C10H15N3O. The van der Waals surface area contributed by atoms with Gasteiger partial charge >= 0.3 is 0 Å². The number of nitrogens with zero attached hydrogens (tertiary/aromatic N) is 1. The lowest BCUT2D eigenvalue weighted by Crippen LogP contribution is -2.21. The van der Waals surface area contributed by atoms with E-state index < -0.39 is 0 Å². The molecule has 0 aliphatic carbocycles. The van der Waals surface area contributed by atoms with E-state index in [4.69, 9.17) is 0 Å². The Bertz CT molecular complexity index is 323. The van der Waals surface area contributed by atoms with Gasteiger partial charge in [0, 0.05) is 25.5 Å². The van der Waals surface area contributed by atoms with Crippen molar-refractivity contribution in [2.24, 2.45) is 0 Å². The van der Waals surface area contributed by atoms with Crippen molar-refractivity contribution in [2.45, 2.75) is 19.9 Å². The average molecular weight is 193 g/mol. The summed E-state index contributed by atoms with van der Waals surface area (Å²) in [5, 5.41) is 5.76. The molecule has 0 aliphatic heterocycles. The molecule has 1 amide bonds. The minimum Gasteiger partial charge on any atom is -0.382 e. The first-order valence-corrected chi connectivity index (χ1v) is 4.57. The first-order valence-electron chi connectivity index (χ1n) is 4.57. The van der Waals surface area contributed by atoms with Crippen LogP contribution in [0.1, 0.15) is 24.2 Å². The van der Waals surface area contributed by atoms with Crippen LogP contribution in [0.4, 0.5) is 5.69 Å². The molecule has 0 aromatic carbocycles. The van der Waals surface area contributed by atoms with Crippen molar-refractivity contribution in [3.05, 3.63) is 24.0 Å². The normalized spacial score (nSPS) is 10.0. The lowest BCUT2D eigenvalue weighted by molar-refractivity contribution is 0.0963. The Morgan fingerprint density at radius 2 is 2.21 bits per heavy atom. The predicted octanol–water partition coefficient (Wildman–Crippen LogP) is 1.26. The SMILES string of the molecule is CNC(=O)c1cnccc1NC(C)C. The molecular weight excluding hydrogens is 178 g/mol. The molecule has 0 fully saturated rings. The van der Waals surface area contributed by atoms with E-state index in [9.17, 15) is 4.79 Å². The lowest BCUT2D eigenvalue weighted by Gasteiger charge is -2.12. The van der Waals surface area contributed by atoms with E-state index >= 15 is 0 Å². The van der Waals surface area contributed by atoms with Crippen molar-refractivity contribution >= 4 is 11.6 Å². The van der Waals surface area contributed by atoms with Crippen LogP contribution in [0.2, 0.25) is 0 Å². The predicted molar refractivity (Wildman–Crippen MR) is 56.4 cm³/mol. The Balaban J connectivity index is 2.97. The second-order valence-corrected chi connectivity index (χ2v) is 3.30. The summed E-state index contributed by atoms with van der Waals surface area (Å²) in [6.45, 7) is 4.04. The molecule has 1 rings (SSSR count). The summed E-state index contributed by atoms with van der Waals surface area (Å²) in [7, 11) is 1.61. The highest BCUT2D eigenvalue weighted by Gasteiger charge is 2.09. The summed E-state index contributed by atoms with van der Waals surface area (Å²) in [5.41, 5.74) is 1.39. The Labute approximate surface area is 83.7 Å². The number of hydrogen-bond donors (Lipinski definition) is 2. The van der Waals surface area contributed by atoms with Crippen LogP contribution < -0.4 is 10.6 Å². The molecule has 2 N–H and O–H groups in total. The molecule has 0 spiro atoms. The van der Waals surface area contributed by atoms with Crippen LogP contribution in [0.5, 0.6) is 0 Å². The molecule has 0 saturated heterocycles. The highest BCUT2D eigenvalue weighted by atomic mass is 16.1. The summed E-state index contributed by atoms with van der Waals surface area (Å²) in [6, 6.07) is 2.09. The van der Waals surface area contributed by atoms with E-state index in [0.717, 1.165) is 5.69 Å². The number of carbonyl (C=O) groups is 1. The summed E-state index contributed by atoms with van der Waals surface area (Å²) < 4.78 is 0. The monoisotopic (exact) mass is 193 g/mol. The van der Waals surface area contributed by atoms with Crippen molar-refractivity contribution in [3.8, 4) is 0 Å². The second kappa shape index (κ2) is 4.60. The molecule has 1 heterocycles. The van der Waals surface area contributed by atoms with Crippen LogP contribution in [0.15, 0.2) is 18.5 Å². The Kier molecular flexibility index (Phi) is 3.45. The standard InChI is InChI=1S/C10H15N3O/c1-7(2)13-9-4-5-12-6-8(9)10(14)11-3/h4-7H,1-3H3,(H,11,14)(H,12,13). The molecule has 0 aliphatic rings. The number of rotatable bonds is 3. The van der Waals surface area contributed by atoms with Crippen LogP contribution >= 0.6 is 0 Å². The maximum absolute atomic E-state index is 11.4. The Morgan fingerprint density at radius 1 is 1.50 bits per heavy atom. The van der Waals surface area contributed by atoms with E-state index in [1.807, 2.05) is 13.8 Å². The Hall–Kier alpha value is -1.58. The van der Waals surface area contributed by atoms with Crippen molar-refractivity contribution in [1.29, 1.82) is 0 Å². The topological polar surface area (TPSA) is 54.0 Å². The van der Waals surface area contributed by atoms with E-state index in [0.29, 0.717) is 11.6 Å². The van der Waals surface area contributed by atoms with Crippen molar-refractivity contribution in [2.75, 3.05) is 12.4 Å². The van der Waals surface area contributed by atoms with Crippen LogP contribution in [-0.2, 0) is 0 Å². The van der Waals surface area contributed by atoms with Crippen molar-refractivity contribution in [1.82, 2.24) is 10.3 Å². The highest BCUT2D eigenvalue weighted by Crippen LogP contribution is 2.14. The van der Waals surface area contributed by atoms with Gasteiger partial charge in [-0.3, -0.25) is 9.78 Å². The highest BCUT2D eigenvalue weighted by molar-refractivity contribution is 5.99. The van der Waals surface area contributed by atoms with Gasteiger partial charge in [-0.25, -0.2) is 0 Å². The average Bonchev–Trinajstić information content (AvgIpc) is 2.16. The lowest BCUT2D eigenvalue weighted by atomic mass is 10.2. The fourth-order valence-electron chi connectivity index (χ4n) is 1.15. The second-order valence-electron chi connectivity index (χ2n) is 3.30. The maximum Gasteiger partial charge on any atom is 0.254 e. The fourth-order valence-corrected chi connectivity index (χ4v) is 1.15. The number of carbonyl (C=O) groups excluding carboxylic acids is 1. The van der Waals surface area contributed by atoms with Gasteiger partial charge in [0.2, 0.25) is 0 Å². The molecule has 4 nitrogen and oxygen atoms in total. The van der Waals surface area contributed by atoms with Gasteiger partial charge in [-0.05, 0) is 19.9 Å². The zero-order valence-electron chi connectivity index (χ0n) is 8.66. The minimum atomic E-state index is -0.124. The van der Waals surface area contributed by atoms with Crippen LogP contribution in [-0.4, -0.2) is 24.0 Å². The first kappa shape index (κ1) is 10.5. The molecule has 0 unspecified atom stereocenters. The molecule has 0 atom stereocenters. The zero-order chi connectivity index (χ0) is 10.6. The smallest absolute Gasteiger partial charge is 0.254 e. The maximum atomic E-state index is 11.4. The molecule has 4 heteroatoms. The van der Waals surface area contributed by atoms with E-state index in [1.165, 1.54) is 0 Å². The molecule has 0 saturated carbocycles. The number of nitrogens with one attached hydrogen (secondary N) is 2. The van der Waals surface area contributed by atoms with Crippen LogP contribution in [0, 0.1) is 0 Å². The number of hydrogen-bond acceptors (Lipinski definition) is 3. The van der Waals surface area contributed by atoms with Crippen LogP contribution in [0.3, 0.4) is 0 Å². The summed E-state index contributed by atoms with van der Waals surface area (Å²) in [6.07, 6.45) is 3.22. The first-order chi connectivity index (χ1) is 6.65. The third-order valence-electron chi connectivity index (χ3n) is 1.74. The van der Waals surface area contributed by atoms with Gasteiger partial charge in [-0.1, -0.05) is 0 Å². The van der Waals surface area contributed by atoms with Crippen molar-refractivity contribution in [3.63, 3.8) is 0 Å². The molecule has 1 aromatic heterocycles. The van der Waals surface area contributed by atoms with Gasteiger partial charge in [0.15, 0.2) is 0 Å². The van der Waals surface area contributed by atoms with Crippen molar-refractivity contribution < 1.29 is 4.79 Å². The molecule has 0 bridgehead atoms. The number of amides is 1. The third-order valence-corrected chi connectivity index (χ3v) is 1.74.